The smallest absolute Gasteiger partial charge is 0.258 e. The van der Waals surface area contributed by atoms with Gasteiger partial charge in [-0.05, 0) is 43.2 Å². The lowest BCUT2D eigenvalue weighted by Gasteiger charge is -2.32. The van der Waals surface area contributed by atoms with Gasteiger partial charge in [0.1, 0.15) is 5.75 Å². The summed E-state index contributed by atoms with van der Waals surface area (Å²) in [7, 11) is 0. The third kappa shape index (κ3) is 6.54. The first-order valence-electron chi connectivity index (χ1n) is 10.5. The Morgan fingerprint density at radius 3 is 2.50 bits per heavy atom. The molecule has 0 bridgehead atoms. The van der Waals surface area contributed by atoms with E-state index in [1.54, 1.807) is 0 Å². The summed E-state index contributed by atoms with van der Waals surface area (Å²) in [5, 5.41) is 3.06. The lowest BCUT2D eigenvalue weighted by atomic mass is 9.85. The molecule has 0 spiro atoms. The zero-order chi connectivity index (χ0) is 20.7. The molecule has 0 radical (unpaired) electrons. The predicted octanol–water partition coefficient (Wildman–Crippen LogP) is 3.97. The Morgan fingerprint density at radius 1 is 1.21 bits per heavy atom. The van der Waals surface area contributed by atoms with Gasteiger partial charge < -0.3 is 15.0 Å². The Morgan fingerprint density at radius 2 is 1.89 bits per heavy atom. The molecular weight excluding hydrogens is 352 g/mol. The van der Waals surface area contributed by atoms with Crippen molar-refractivity contribution in [2.75, 3.05) is 19.7 Å². The average molecular weight is 389 g/mol. The van der Waals surface area contributed by atoms with Crippen molar-refractivity contribution in [1.29, 1.82) is 0 Å². The molecule has 0 unspecified atom stereocenters. The maximum atomic E-state index is 12.4. The Kier molecular flexibility index (Phi) is 7.90. The Hall–Kier alpha value is -2.04. The minimum absolute atomic E-state index is 0.0157. The maximum absolute atomic E-state index is 12.4. The molecule has 1 heterocycles. The van der Waals surface area contributed by atoms with Gasteiger partial charge in [0.2, 0.25) is 5.91 Å². The summed E-state index contributed by atoms with van der Waals surface area (Å²) in [6.45, 7) is 12.0. The average Bonchev–Trinajstić information content (AvgIpc) is 2.65. The van der Waals surface area contributed by atoms with Gasteiger partial charge in [0, 0.05) is 25.6 Å². The van der Waals surface area contributed by atoms with Crippen molar-refractivity contribution in [2.24, 2.45) is 0 Å². The predicted molar refractivity (Wildman–Crippen MR) is 113 cm³/mol. The summed E-state index contributed by atoms with van der Waals surface area (Å²) in [6.07, 6.45) is 4.23. The third-order valence-electron chi connectivity index (χ3n) is 5.26. The fourth-order valence-electron chi connectivity index (χ4n) is 3.53. The van der Waals surface area contributed by atoms with Crippen LogP contribution in [0.4, 0.5) is 0 Å². The topological polar surface area (TPSA) is 58.6 Å². The Bertz CT molecular complexity index is 671. The Labute approximate surface area is 169 Å². The van der Waals surface area contributed by atoms with Gasteiger partial charge in [0.15, 0.2) is 6.61 Å². The number of unbranched alkanes of at least 4 members (excludes halogenated alkanes) is 1. The molecule has 0 saturated carbocycles. The second-order valence-electron chi connectivity index (χ2n) is 8.86. The molecule has 0 aliphatic carbocycles. The van der Waals surface area contributed by atoms with Gasteiger partial charge in [-0.25, -0.2) is 0 Å². The van der Waals surface area contributed by atoms with Crippen molar-refractivity contribution >= 4 is 11.8 Å². The fraction of sp³-hybridized carbons (Fsp3) is 0.652. The van der Waals surface area contributed by atoms with Gasteiger partial charge in [0.05, 0.1) is 0 Å². The molecule has 5 nitrogen and oxygen atoms in total. The summed E-state index contributed by atoms with van der Waals surface area (Å²) in [5.41, 5.74) is 2.25. The van der Waals surface area contributed by atoms with Crippen LogP contribution in [0, 0.1) is 6.92 Å². The molecule has 2 rings (SSSR count). The van der Waals surface area contributed by atoms with Crippen LogP contribution in [0.25, 0.3) is 0 Å². The van der Waals surface area contributed by atoms with E-state index in [2.05, 4.69) is 46.0 Å². The SMILES string of the molecule is CCCCC(=O)N1CCC(NC(=O)COc2ccc(C)cc2C(C)(C)C)CC1. The van der Waals surface area contributed by atoms with Gasteiger partial charge in [-0.15, -0.1) is 0 Å². The van der Waals surface area contributed by atoms with Crippen LogP contribution in [0.2, 0.25) is 0 Å². The molecule has 0 aromatic heterocycles. The second-order valence-corrected chi connectivity index (χ2v) is 8.86. The summed E-state index contributed by atoms with van der Waals surface area (Å²) < 4.78 is 5.85. The number of nitrogens with zero attached hydrogens (tertiary/aromatic N) is 1. The van der Waals surface area contributed by atoms with Crippen molar-refractivity contribution < 1.29 is 14.3 Å². The second kappa shape index (κ2) is 9.94. The monoisotopic (exact) mass is 388 g/mol. The summed E-state index contributed by atoms with van der Waals surface area (Å²) in [4.78, 5) is 26.4. The number of nitrogens with one attached hydrogen (secondary N) is 1. The number of benzene rings is 1. The highest BCUT2D eigenvalue weighted by Gasteiger charge is 2.24. The van der Waals surface area contributed by atoms with Crippen molar-refractivity contribution in [3.05, 3.63) is 29.3 Å². The van der Waals surface area contributed by atoms with Gasteiger partial charge in [-0.2, -0.15) is 0 Å². The quantitative estimate of drug-likeness (QED) is 0.769. The zero-order valence-corrected chi connectivity index (χ0v) is 18.1. The molecule has 156 valence electrons. The molecule has 1 aromatic carbocycles. The van der Waals surface area contributed by atoms with Crippen LogP contribution in [0.3, 0.4) is 0 Å². The lowest BCUT2D eigenvalue weighted by molar-refractivity contribution is -0.132. The lowest BCUT2D eigenvalue weighted by Crippen LogP contribution is -2.47. The molecule has 1 aliphatic rings. The third-order valence-corrected chi connectivity index (χ3v) is 5.26. The molecule has 1 saturated heterocycles. The van der Waals surface area contributed by atoms with E-state index in [1.165, 1.54) is 5.56 Å². The van der Waals surface area contributed by atoms with Gasteiger partial charge in [-0.1, -0.05) is 51.8 Å². The molecule has 1 N–H and O–H groups in total. The van der Waals surface area contributed by atoms with E-state index >= 15 is 0 Å². The Balaban J connectivity index is 1.81. The number of amides is 2. The van der Waals surface area contributed by atoms with Crippen LogP contribution in [0.5, 0.6) is 5.75 Å². The van der Waals surface area contributed by atoms with E-state index in [0.717, 1.165) is 50.1 Å². The summed E-state index contributed by atoms with van der Waals surface area (Å²) in [5.74, 6) is 0.907. The number of hydrogen-bond acceptors (Lipinski definition) is 3. The normalized spacial score (nSPS) is 15.4. The number of carbonyl (C=O) groups excluding carboxylic acids is 2. The standard InChI is InChI=1S/C23H36N2O3/c1-6-7-8-22(27)25-13-11-18(12-14-25)24-21(26)16-28-20-10-9-17(2)15-19(20)23(3,4)5/h9-10,15,18H,6-8,11-14,16H2,1-5H3,(H,24,26). The first kappa shape index (κ1) is 22.3. The minimum atomic E-state index is -0.101. The van der Waals surface area contributed by atoms with Gasteiger partial charge in [0.25, 0.3) is 5.91 Å². The van der Waals surface area contributed by atoms with Crippen LogP contribution in [-0.4, -0.2) is 42.5 Å². The zero-order valence-electron chi connectivity index (χ0n) is 18.1. The largest absolute Gasteiger partial charge is 0.483 e. The fourth-order valence-corrected chi connectivity index (χ4v) is 3.53. The van der Waals surface area contributed by atoms with E-state index in [0.29, 0.717) is 6.42 Å². The molecular formula is C23H36N2O3. The van der Waals surface area contributed by atoms with Crippen molar-refractivity contribution in [3.8, 4) is 5.75 Å². The summed E-state index contributed by atoms with van der Waals surface area (Å²) >= 11 is 0. The highest BCUT2D eigenvalue weighted by Crippen LogP contribution is 2.32. The van der Waals surface area contributed by atoms with E-state index in [4.69, 9.17) is 4.74 Å². The molecule has 5 heteroatoms. The number of ether oxygens (including phenoxy) is 1. The number of rotatable bonds is 7. The van der Waals surface area contributed by atoms with Crippen LogP contribution in [0.1, 0.15) is 70.9 Å². The van der Waals surface area contributed by atoms with Crippen molar-refractivity contribution in [2.45, 2.75) is 78.2 Å². The van der Waals surface area contributed by atoms with Crippen LogP contribution in [-0.2, 0) is 15.0 Å². The van der Waals surface area contributed by atoms with Crippen molar-refractivity contribution in [3.63, 3.8) is 0 Å². The molecule has 0 atom stereocenters. The van der Waals surface area contributed by atoms with E-state index in [-0.39, 0.29) is 29.9 Å². The number of likely N-dealkylation sites (tertiary alicyclic amines) is 1. The molecule has 1 aromatic rings. The molecule has 28 heavy (non-hydrogen) atoms. The van der Waals surface area contributed by atoms with Crippen molar-refractivity contribution in [1.82, 2.24) is 10.2 Å². The van der Waals surface area contributed by atoms with Crippen LogP contribution in [0.15, 0.2) is 18.2 Å². The molecule has 2 amide bonds. The first-order chi connectivity index (χ1) is 13.2. The number of carbonyl (C=O) groups is 2. The highest BCUT2D eigenvalue weighted by molar-refractivity contribution is 5.78. The van der Waals surface area contributed by atoms with Crippen LogP contribution < -0.4 is 10.1 Å². The maximum Gasteiger partial charge on any atom is 0.258 e. The molecule has 1 aliphatic heterocycles. The number of aryl methyl sites for hydroxylation is 1. The van der Waals surface area contributed by atoms with E-state index in [9.17, 15) is 9.59 Å². The van der Waals surface area contributed by atoms with Crippen LogP contribution >= 0.6 is 0 Å². The number of hydrogen-bond donors (Lipinski definition) is 1. The summed E-state index contributed by atoms with van der Waals surface area (Å²) in [6, 6.07) is 6.20. The van der Waals surface area contributed by atoms with Gasteiger partial charge >= 0.3 is 0 Å². The van der Waals surface area contributed by atoms with E-state index < -0.39 is 0 Å². The number of piperidine rings is 1. The minimum Gasteiger partial charge on any atom is -0.483 e. The first-order valence-corrected chi connectivity index (χ1v) is 10.5. The van der Waals surface area contributed by atoms with Gasteiger partial charge in [-0.3, -0.25) is 9.59 Å². The molecule has 1 fully saturated rings. The highest BCUT2D eigenvalue weighted by atomic mass is 16.5. The van der Waals surface area contributed by atoms with E-state index in [1.807, 2.05) is 17.0 Å².